The minimum Gasteiger partial charge on any atom is -0.491 e. The number of benzene rings is 2. The first-order valence-electron chi connectivity index (χ1n) is 6.22. The van der Waals surface area contributed by atoms with Crippen LogP contribution in [0.4, 0.5) is 0 Å². The summed E-state index contributed by atoms with van der Waals surface area (Å²) in [5.74, 6) is 0.898. The maximum absolute atomic E-state index is 5.90. The summed E-state index contributed by atoms with van der Waals surface area (Å²) < 4.78 is 5.64. The van der Waals surface area contributed by atoms with Crippen LogP contribution in [0.5, 0.6) is 5.75 Å². The fourth-order valence-electron chi connectivity index (χ4n) is 1.81. The molecule has 0 N–H and O–H groups in total. The van der Waals surface area contributed by atoms with Crippen LogP contribution in [0.25, 0.3) is 0 Å². The summed E-state index contributed by atoms with van der Waals surface area (Å²) in [7, 11) is 0. The Morgan fingerprint density at radius 2 is 1.37 bits per heavy atom. The minimum atomic E-state index is 0.165. The van der Waals surface area contributed by atoms with E-state index in [4.69, 9.17) is 16.3 Å². The SMILES string of the molecule is CC(C)Oc1ccc(C(Br)c2ccc(Cl)cc2)cc1. The van der Waals surface area contributed by atoms with Crippen LogP contribution in [0.3, 0.4) is 0 Å². The van der Waals surface area contributed by atoms with Gasteiger partial charge in [0.2, 0.25) is 0 Å². The standard InChI is InChI=1S/C16H16BrClO/c1-11(2)19-15-9-5-13(6-10-15)16(17)12-3-7-14(18)8-4-12/h3-11,16H,1-2H3. The molecular formula is C16H16BrClO. The average Bonchev–Trinajstić information content (AvgIpc) is 2.39. The second-order valence-electron chi connectivity index (χ2n) is 4.65. The second kappa shape index (κ2) is 6.44. The molecule has 100 valence electrons. The lowest BCUT2D eigenvalue weighted by molar-refractivity contribution is 0.242. The summed E-state index contributed by atoms with van der Waals surface area (Å²) in [6.07, 6.45) is 0.196. The quantitative estimate of drug-likeness (QED) is 0.658. The molecule has 1 unspecified atom stereocenters. The molecule has 2 aromatic carbocycles. The summed E-state index contributed by atoms with van der Waals surface area (Å²) in [5.41, 5.74) is 2.38. The third-order valence-electron chi connectivity index (χ3n) is 2.71. The molecule has 0 fully saturated rings. The Kier molecular flexibility index (Phi) is 4.89. The number of hydrogen-bond acceptors (Lipinski definition) is 1. The van der Waals surface area contributed by atoms with Crippen LogP contribution in [0.2, 0.25) is 5.02 Å². The van der Waals surface area contributed by atoms with Gasteiger partial charge in [0, 0.05) is 5.02 Å². The van der Waals surface area contributed by atoms with Gasteiger partial charge in [0.1, 0.15) is 5.75 Å². The van der Waals surface area contributed by atoms with E-state index in [1.54, 1.807) is 0 Å². The van der Waals surface area contributed by atoms with Gasteiger partial charge in [-0.1, -0.05) is 51.8 Å². The van der Waals surface area contributed by atoms with Crippen LogP contribution in [0.1, 0.15) is 29.8 Å². The largest absolute Gasteiger partial charge is 0.491 e. The molecule has 1 atom stereocenters. The lowest BCUT2D eigenvalue weighted by atomic mass is 10.0. The molecule has 0 amide bonds. The molecule has 1 nitrogen and oxygen atoms in total. The first-order chi connectivity index (χ1) is 9.06. The second-order valence-corrected chi connectivity index (χ2v) is 6.00. The Morgan fingerprint density at radius 3 is 1.84 bits per heavy atom. The smallest absolute Gasteiger partial charge is 0.119 e. The zero-order valence-corrected chi connectivity index (χ0v) is 13.3. The van der Waals surface area contributed by atoms with Crippen molar-refractivity contribution in [3.05, 3.63) is 64.7 Å². The van der Waals surface area contributed by atoms with Gasteiger partial charge in [-0.05, 0) is 49.2 Å². The van der Waals surface area contributed by atoms with Crippen molar-refractivity contribution in [1.29, 1.82) is 0 Å². The van der Waals surface area contributed by atoms with Crippen LogP contribution >= 0.6 is 27.5 Å². The lowest BCUT2D eigenvalue weighted by Gasteiger charge is -2.13. The maximum Gasteiger partial charge on any atom is 0.119 e. The number of rotatable bonds is 4. The van der Waals surface area contributed by atoms with Crippen LogP contribution < -0.4 is 4.74 Å². The third kappa shape index (κ3) is 3.99. The highest BCUT2D eigenvalue weighted by molar-refractivity contribution is 9.09. The number of hydrogen-bond donors (Lipinski definition) is 0. The van der Waals surface area contributed by atoms with Gasteiger partial charge in [-0.3, -0.25) is 0 Å². The Bertz CT molecular complexity index is 519. The van der Waals surface area contributed by atoms with Gasteiger partial charge in [-0.2, -0.15) is 0 Å². The first-order valence-corrected chi connectivity index (χ1v) is 7.52. The van der Waals surface area contributed by atoms with Crippen molar-refractivity contribution in [2.24, 2.45) is 0 Å². The monoisotopic (exact) mass is 338 g/mol. The fraction of sp³-hybridized carbons (Fsp3) is 0.250. The highest BCUT2D eigenvalue weighted by Crippen LogP contribution is 2.32. The highest BCUT2D eigenvalue weighted by Gasteiger charge is 2.10. The Labute approximate surface area is 127 Å². The molecule has 0 heterocycles. The molecule has 19 heavy (non-hydrogen) atoms. The van der Waals surface area contributed by atoms with E-state index in [0.29, 0.717) is 0 Å². The molecule has 0 aromatic heterocycles. The molecule has 0 saturated carbocycles. The van der Waals surface area contributed by atoms with Gasteiger partial charge in [0.15, 0.2) is 0 Å². The topological polar surface area (TPSA) is 9.23 Å². The molecule has 0 spiro atoms. The van der Waals surface area contributed by atoms with E-state index in [-0.39, 0.29) is 10.9 Å². The summed E-state index contributed by atoms with van der Waals surface area (Å²) in [5, 5.41) is 0.754. The van der Waals surface area contributed by atoms with E-state index in [1.807, 2.05) is 50.2 Å². The molecule has 0 aliphatic heterocycles. The van der Waals surface area contributed by atoms with Gasteiger partial charge in [0.25, 0.3) is 0 Å². The van der Waals surface area contributed by atoms with Crippen molar-refractivity contribution in [1.82, 2.24) is 0 Å². The van der Waals surface area contributed by atoms with Gasteiger partial charge >= 0.3 is 0 Å². The maximum atomic E-state index is 5.90. The van der Waals surface area contributed by atoms with E-state index >= 15 is 0 Å². The van der Waals surface area contributed by atoms with E-state index < -0.39 is 0 Å². The Hall–Kier alpha value is -0.990. The molecule has 0 radical (unpaired) electrons. The van der Waals surface area contributed by atoms with E-state index in [0.717, 1.165) is 10.8 Å². The molecule has 0 saturated heterocycles. The molecule has 0 aliphatic carbocycles. The van der Waals surface area contributed by atoms with E-state index in [1.165, 1.54) is 11.1 Å². The Balaban J connectivity index is 2.15. The summed E-state index contributed by atoms with van der Waals surface area (Å²) >= 11 is 9.61. The minimum absolute atomic E-state index is 0.165. The molecule has 2 rings (SSSR count). The van der Waals surface area contributed by atoms with Crippen molar-refractivity contribution in [3.8, 4) is 5.75 Å². The molecule has 3 heteroatoms. The predicted octanol–water partition coefficient (Wildman–Crippen LogP) is 5.61. The number of halogens is 2. The lowest BCUT2D eigenvalue weighted by Crippen LogP contribution is -2.05. The van der Waals surface area contributed by atoms with Crippen LogP contribution in [0.15, 0.2) is 48.5 Å². The summed E-state index contributed by atoms with van der Waals surface area (Å²) in [4.78, 5) is 0.165. The van der Waals surface area contributed by atoms with Gasteiger partial charge < -0.3 is 4.74 Å². The zero-order valence-electron chi connectivity index (χ0n) is 10.9. The molecule has 2 aromatic rings. The predicted molar refractivity (Wildman–Crippen MR) is 84.4 cm³/mol. The number of alkyl halides is 1. The first kappa shape index (κ1) is 14.4. The summed E-state index contributed by atoms with van der Waals surface area (Å²) in [6.45, 7) is 4.05. The van der Waals surface area contributed by atoms with E-state index in [9.17, 15) is 0 Å². The average molecular weight is 340 g/mol. The van der Waals surface area contributed by atoms with Crippen LogP contribution in [0, 0.1) is 0 Å². The summed E-state index contributed by atoms with van der Waals surface area (Å²) in [6, 6.07) is 16.0. The van der Waals surface area contributed by atoms with Crippen LogP contribution in [-0.4, -0.2) is 6.10 Å². The zero-order chi connectivity index (χ0) is 13.8. The van der Waals surface area contributed by atoms with Crippen molar-refractivity contribution in [2.75, 3.05) is 0 Å². The van der Waals surface area contributed by atoms with Crippen LogP contribution in [-0.2, 0) is 0 Å². The van der Waals surface area contributed by atoms with Gasteiger partial charge in [0.05, 0.1) is 10.9 Å². The van der Waals surface area contributed by atoms with Gasteiger partial charge in [-0.25, -0.2) is 0 Å². The fourth-order valence-corrected chi connectivity index (χ4v) is 2.55. The van der Waals surface area contributed by atoms with E-state index in [2.05, 4.69) is 28.1 Å². The van der Waals surface area contributed by atoms with Crippen molar-refractivity contribution < 1.29 is 4.74 Å². The van der Waals surface area contributed by atoms with Crippen molar-refractivity contribution >= 4 is 27.5 Å². The highest BCUT2D eigenvalue weighted by atomic mass is 79.9. The normalized spacial score (nSPS) is 12.5. The van der Waals surface area contributed by atoms with Gasteiger partial charge in [-0.15, -0.1) is 0 Å². The molecular weight excluding hydrogens is 324 g/mol. The Morgan fingerprint density at radius 1 is 0.895 bits per heavy atom. The molecule has 0 bridgehead atoms. The van der Waals surface area contributed by atoms with Crippen molar-refractivity contribution in [2.45, 2.75) is 24.8 Å². The van der Waals surface area contributed by atoms with Crippen molar-refractivity contribution in [3.63, 3.8) is 0 Å². The molecule has 0 aliphatic rings. The third-order valence-corrected chi connectivity index (χ3v) is 4.02. The number of ether oxygens (including phenoxy) is 1.